The first-order chi connectivity index (χ1) is 16.0. The molecule has 0 aliphatic carbocycles. The second kappa shape index (κ2) is 8.34. The number of fused-ring (bicyclic) bond motifs is 1. The first kappa shape index (κ1) is 20.1. The standard InChI is InChI=1S/C21H17N9O3/c31-20(19-8-9-27(25-19)14-29-13-22-21(26-29)30(32)33)24-17-10-23-28(12-17)11-16-6-3-5-15-4-1-2-7-18(15)16/h1-10,12-13H,11,14H2,(H,24,31). The van der Waals surface area contributed by atoms with E-state index in [-0.39, 0.29) is 12.4 Å². The molecular weight excluding hydrogens is 426 g/mol. The fourth-order valence-electron chi connectivity index (χ4n) is 3.46. The highest BCUT2D eigenvalue weighted by Crippen LogP contribution is 2.20. The summed E-state index contributed by atoms with van der Waals surface area (Å²) in [5, 5.41) is 28.0. The molecular formula is C21H17N9O3. The van der Waals surface area contributed by atoms with Crippen LogP contribution in [-0.4, -0.2) is 45.2 Å². The predicted molar refractivity (Wildman–Crippen MR) is 118 cm³/mol. The smallest absolute Gasteiger partial charge is 0.390 e. The van der Waals surface area contributed by atoms with Crippen molar-refractivity contribution in [2.45, 2.75) is 13.2 Å². The molecule has 5 aromatic rings. The van der Waals surface area contributed by atoms with E-state index in [1.54, 1.807) is 29.3 Å². The van der Waals surface area contributed by atoms with Gasteiger partial charge in [-0.25, -0.2) is 4.68 Å². The zero-order chi connectivity index (χ0) is 22.8. The van der Waals surface area contributed by atoms with E-state index in [1.807, 2.05) is 18.2 Å². The van der Waals surface area contributed by atoms with Crippen LogP contribution in [0, 0.1) is 10.1 Å². The van der Waals surface area contributed by atoms with Gasteiger partial charge >= 0.3 is 5.95 Å². The molecule has 3 aromatic heterocycles. The number of anilines is 1. The van der Waals surface area contributed by atoms with Gasteiger partial charge in [0.1, 0.15) is 0 Å². The van der Waals surface area contributed by atoms with Crippen molar-refractivity contribution in [3.8, 4) is 0 Å². The van der Waals surface area contributed by atoms with Gasteiger partial charge in [0.15, 0.2) is 12.4 Å². The molecule has 2 aromatic carbocycles. The van der Waals surface area contributed by atoms with E-state index in [2.05, 4.69) is 49.9 Å². The molecule has 33 heavy (non-hydrogen) atoms. The van der Waals surface area contributed by atoms with Crippen LogP contribution in [-0.2, 0) is 13.2 Å². The summed E-state index contributed by atoms with van der Waals surface area (Å²) in [7, 11) is 0. The van der Waals surface area contributed by atoms with Gasteiger partial charge in [-0.05, 0) is 27.3 Å². The average molecular weight is 443 g/mol. The molecule has 0 aliphatic heterocycles. The van der Waals surface area contributed by atoms with E-state index in [9.17, 15) is 14.9 Å². The van der Waals surface area contributed by atoms with Crippen LogP contribution in [0.3, 0.4) is 0 Å². The topological polar surface area (TPSA) is 139 Å². The van der Waals surface area contributed by atoms with Crippen LogP contribution in [0.15, 0.2) is 73.4 Å². The molecule has 1 amide bonds. The third-order valence-corrected chi connectivity index (χ3v) is 4.95. The summed E-state index contributed by atoms with van der Waals surface area (Å²) in [4.78, 5) is 26.1. The number of nitro groups is 1. The van der Waals surface area contributed by atoms with Gasteiger partial charge in [-0.3, -0.25) is 9.48 Å². The molecule has 3 heterocycles. The molecule has 1 N–H and O–H groups in total. The van der Waals surface area contributed by atoms with Gasteiger partial charge in [-0.15, -0.1) is 0 Å². The second-order valence-corrected chi connectivity index (χ2v) is 7.24. The van der Waals surface area contributed by atoms with Gasteiger partial charge < -0.3 is 15.4 Å². The van der Waals surface area contributed by atoms with Crippen molar-refractivity contribution < 1.29 is 9.72 Å². The summed E-state index contributed by atoms with van der Waals surface area (Å²) < 4.78 is 4.44. The normalized spacial score (nSPS) is 11.0. The number of carbonyl (C=O) groups excluding carboxylic acids is 1. The fraction of sp³-hybridized carbons (Fsp3) is 0.0952. The SMILES string of the molecule is O=C(Nc1cnn(Cc2cccc3ccccc23)c1)c1ccn(Cn2cnc([N+](=O)[O-])n2)n1. The number of benzene rings is 2. The Kier molecular flexibility index (Phi) is 5.07. The van der Waals surface area contributed by atoms with Crippen molar-refractivity contribution in [2.75, 3.05) is 5.32 Å². The highest BCUT2D eigenvalue weighted by molar-refractivity contribution is 6.02. The summed E-state index contributed by atoms with van der Waals surface area (Å²) in [5.41, 5.74) is 1.86. The summed E-state index contributed by atoms with van der Waals surface area (Å²) in [5.74, 6) is -0.899. The van der Waals surface area contributed by atoms with Crippen molar-refractivity contribution in [2.24, 2.45) is 0 Å². The fourth-order valence-corrected chi connectivity index (χ4v) is 3.46. The van der Waals surface area contributed by atoms with Crippen molar-refractivity contribution >= 4 is 28.3 Å². The van der Waals surface area contributed by atoms with E-state index >= 15 is 0 Å². The lowest BCUT2D eigenvalue weighted by molar-refractivity contribution is -0.394. The minimum Gasteiger partial charge on any atom is -0.390 e. The Hall–Kier alpha value is -4.87. The maximum Gasteiger partial charge on any atom is 0.491 e. The largest absolute Gasteiger partial charge is 0.491 e. The summed E-state index contributed by atoms with van der Waals surface area (Å²) in [6.45, 7) is 0.646. The zero-order valence-corrected chi connectivity index (χ0v) is 17.1. The minimum absolute atomic E-state index is 0.0804. The maximum absolute atomic E-state index is 12.6. The summed E-state index contributed by atoms with van der Waals surface area (Å²) >= 11 is 0. The lowest BCUT2D eigenvalue weighted by Gasteiger charge is -2.06. The number of hydrogen-bond acceptors (Lipinski definition) is 7. The molecule has 12 heteroatoms. The van der Waals surface area contributed by atoms with Crippen LogP contribution in [0.2, 0.25) is 0 Å². The third-order valence-electron chi connectivity index (χ3n) is 4.95. The van der Waals surface area contributed by atoms with E-state index in [1.165, 1.54) is 15.7 Å². The monoisotopic (exact) mass is 443 g/mol. The van der Waals surface area contributed by atoms with E-state index < -0.39 is 16.8 Å². The average Bonchev–Trinajstić information content (AvgIpc) is 3.56. The van der Waals surface area contributed by atoms with E-state index in [0.717, 1.165) is 16.3 Å². The lowest BCUT2D eigenvalue weighted by atomic mass is 10.0. The van der Waals surface area contributed by atoms with Crippen molar-refractivity contribution in [1.82, 2.24) is 34.3 Å². The van der Waals surface area contributed by atoms with Crippen molar-refractivity contribution in [3.05, 3.63) is 94.8 Å². The minimum atomic E-state index is -0.682. The van der Waals surface area contributed by atoms with Gasteiger partial charge in [0.05, 0.1) is 18.4 Å². The molecule has 0 bridgehead atoms. The Bertz CT molecular complexity index is 1460. The van der Waals surface area contributed by atoms with Gasteiger partial charge in [0.2, 0.25) is 6.33 Å². The summed E-state index contributed by atoms with van der Waals surface area (Å²) in [6.07, 6.45) is 6.13. The number of aromatic nitrogens is 7. The highest BCUT2D eigenvalue weighted by Gasteiger charge is 2.15. The summed E-state index contributed by atoms with van der Waals surface area (Å²) in [6, 6.07) is 15.8. The molecule has 0 unspecified atom stereocenters. The van der Waals surface area contributed by atoms with Crippen molar-refractivity contribution in [1.29, 1.82) is 0 Å². The first-order valence-electron chi connectivity index (χ1n) is 9.93. The van der Waals surface area contributed by atoms with Crippen LogP contribution in [0.25, 0.3) is 10.8 Å². The van der Waals surface area contributed by atoms with Crippen LogP contribution in [0.1, 0.15) is 16.1 Å². The maximum atomic E-state index is 12.6. The number of hydrogen-bond donors (Lipinski definition) is 1. The Labute approximate surface area is 186 Å². The van der Waals surface area contributed by atoms with Crippen LogP contribution in [0.5, 0.6) is 0 Å². The third kappa shape index (κ3) is 4.30. The van der Waals surface area contributed by atoms with Gasteiger partial charge in [-0.1, -0.05) is 47.4 Å². The number of carbonyl (C=O) groups is 1. The number of nitrogens with zero attached hydrogens (tertiary/aromatic N) is 8. The predicted octanol–water partition coefficient (Wildman–Crippen LogP) is 2.54. The molecule has 5 rings (SSSR count). The quantitative estimate of drug-likeness (QED) is 0.301. The Balaban J connectivity index is 1.24. The molecule has 0 saturated carbocycles. The number of nitrogens with one attached hydrogen (secondary N) is 1. The molecule has 0 spiro atoms. The van der Waals surface area contributed by atoms with Gasteiger partial charge in [0.25, 0.3) is 5.91 Å². The number of amides is 1. The second-order valence-electron chi connectivity index (χ2n) is 7.24. The van der Waals surface area contributed by atoms with E-state index in [4.69, 9.17) is 0 Å². The number of rotatable bonds is 7. The van der Waals surface area contributed by atoms with Crippen molar-refractivity contribution in [3.63, 3.8) is 0 Å². The molecule has 12 nitrogen and oxygen atoms in total. The molecule has 0 radical (unpaired) electrons. The molecule has 0 fully saturated rings. The van der Waals surface area contributed by atoms with E-state index in [0.29, 0.717) is 12.2 Å². The van der Waals surface area contributed by atoms with Gasteiger partial charge in [-0.2, -0.15) is 14.9 Å². The highest BCUT2D eigenvalue weighted by atomic mass is 16.6. The Morgan fingerprint density at radius 3 is 2.73 bits per heavy atom. The van der Waals surface area contributed by atoms with Crippen LogP contribution < -0.4 is 5.32 Å². The Morgan fingerprint density at radius 1 is 1.03 bits per heavy atom. The van der Waals surface area contributed by atoms with Crippen LogP contribution >= 0.6 is 0 Å². The molecule has 164 valence electrons. The molecule has 0 aliphatic rings. The van der Waals surface area contributed by atoms with Gasteiger partial charge in [0, 0.05) is 17.5 Å². The lowest BCUT2D eigenvalue weighted by Crippen LogP contribution is -2.14. The molecule has 0 saturated heterocycles. The Morgan fingerprint density at radius 2 is 1.88 bits per heavy atom. The van der Waals surface area contributed by atoms with Crippen LogP contribution in [0.4, 0.5) is 11.6 Å². The first-order valence-corrected chi connectivity index (χ1v) is 9.93. The zero-order valence-electron chi connectivity index (χ0n) is 17.1. The molecule has 0 atom stereocenters.